The molecular formula is C17H19FN2O. The third-order valence-corrected chi connectivity index (χ3v) is 3.26. The van der Waals surface area contributed by atoms with E-state index >= 15 is 0 Å². The lowest BCUT2D eigenvalue weighted by molar-refractivity contribution is -0.114. The molecule has 0 saturated carbocycles. The summed E-state index contributed by atoms with van der Waals surface area (Å²) in [6, 6.07) is 14.3. The number of nitrogens with one attached hydrogen (secondary N) is 2. The van der Waals surface area contributed by atoms with Crippen LogP contribution < -0.4 is 10.6 Å². The second kappa shape index (κ2) is 6.99. The monoisotopic (exact) mass is 286 g/mol. The van der Waals surface area contributed by atoms with Crippen molar-refractivity contribution < 1.29 is 9.18 Å². The van der Waals surface area contributed by atoms with E-state index in [9.17, 15) is 9.18 Å². The van der Waals surface area contributed by atoms with Gasteiger partial charge in [0.25, 0.3) is 0 Å². The van der Waals surface area contributed by atoms with Crippen molar-refractivity contribution in [3.8, 4) is 0 Å². The molecule has 1 amide bonds. The van der Waals surface area contributed by atoms with E-state index in [-0.39, 0.29) is 17.8 Å². The van der Waals surface area contributed by atoms with Gasteiger partial charge in [0.15, 0.2) is 0 Å². The Labute approximate surface area is 124 Å². The van der Waals surface area contributed by atoms with Crippen LogP contribution in [0.25, 0.3) is 0 Å². The number of carbonyl (C=O) groups excluding carboxylic acids is 1. The number of hydrogen-bond donors (Lipinski definition) is 2. The number of hydrogen-bond acceptors (Lipinski definition) is 2. The zero-order valence-electron chi connectivity index (χ0n) is 12.2. The Balaban J connectivity index is 1.94. The van der Waals surface area contributed by atoms with Crippen molar-refractivity contribution in [2.24, 2.45) is 0 Å². The van der Waals surface area contributed by atoms with Crippen LogP contribution in [0.5, 0.6) is 0 Å². The Morgan fingerprint density at radius 1 is 1.14 bits per heavy atom. The van der Waals surface area contributed by atoms with Gasteiger partial charge in [-0.05, 0) is 30.7 Å². The number of halogens is 1. The Morgan fingerprint density at radius 3 is 2.43 bits per heavy atom. The molecule has 0 aliphatic rings. The minimum Gasteiger partial charge on any atom is -0.326 e. The van der Waals surface area contributed by atoms with E-state index in [1.165, 1.54) is 13.0 Å². The summed E-state index contributed by atoms with van der Waals surface area (Å²) in [5.41, 5.74) is 2.51. The minimum absolute atomic E-state index is 0.0683. The molecule has 0 saturated heterocycles. The SMILES string of the molecule is CC(=O)Nc1ccc(CN[C@@H](C)c2ccccc2F)cc1. The van der Waals surface area contributed by atoms with E-state index < -0.39 is 0 Å². The van der Waals surface area contributed by atoms with Crippen LogP contribution in [0, 0.1) is 5.82 Å². The van der Waals surface area contributed by atoms with Gasteiger partial charge in [-0.25, -0.2) is 4.39 Å². The highest BCUT2D eigenvalue weighted by Gasteiger charge is 2.09. The van der Waals surface area contributed by atoms with Crippen molar-refractivity contribution >= 4 is 11.6 Å². The Hall–Kier alpha value is -2.20. The first-order chi connectivity index (χ1) is 10.1. The maximum atomic E-state index is 13.7. The first kappa shape index (κ1) is 15.2. The zero-order chi connectivity index (χ0) is 15.2. The smallest absolute Gasteiger partial charge is 0.221 e. The normalized spacial score (nSPS) is 12.0. The second-order valence-corrected chi connectivity index (χ2v) is 5.00. The van der Waals surface area contributed by atoms with Crippen LogP contribution >= 0.6 is 0 Å². The summed E-state index contributed by atoms with van der Waals surface area (Å²) in [4.78, 5) is 10.9. The van der Waals surface area contributed by atoms with Crippen LogP contribution in [-0.2, 0) is 11.3 Å². The van der Waals surface area contributed by atoms with E-state index in [1.54, 1.807) is 12.1 Å². The summed E-state index contributed by atoms with van der Waals surface area (Å²) in [6.07, 6.45) is 0. The van der Waals surface area contributed by atoms with Gasteiger partial charge in [0.05, 0.1) is 0 Å². The fraction of sp³-hybridized carbons (Fsp3) is 0.235. The standard InChI is InChI=1S/C17H19FN2O/c1-12(16-5-3-4-6-17(16)18)19-11-14-7-9-15(10-8-14)20-13(2)21/h3-10,12,19H,11H2,1-2H3,(H,20,21)/t12-/m0/s1. The molecule has 0 aliphatic heterocycles. The topological polar surface area (TPSA) is 41.1 Å². The lowest BCUT2D eigenvalue weighted by Gasteiger charge is -2.15. The third kappa shape index (κ3) is 4.39. The van der Waals surface area contributed by atoms with Gasteiger partial charge in [-0.15, -0.1) is 0 Å². The van der Waals surface area contributed by atoms with Crippen LogP contribution in [0.15, 0.2) is 48.5 Å². The van der Waals surface area contributed by atoms with E-state index in [0.717, 1.165) is 11.3 Å². The average Bonchev–Trinajstić information content (AvgIpc) is 2.46. The Morgan fingerprint density at radius 2 is 1.81 bits per heavy atom. The van der Waals surface area contributed by atoms with Crippen molar-refractivity contribution in [2.75, 3.05) is 5.32 Å². The number of benzene rings is 2. The predicted molar refractivity (Wildman–Crippen MR) is 82.4 cm³/mol. The molecule has 0 fully saturated rings. The van der Waals surface area contributed by atoms with Gasteiger partial charge in [-0.3, -0.25) is 4.79 Å². The fourth-order valence-electron chi connectivity index (χ4n) is 2.12. The van der Waals surface area contributed by atoms with Gasteiger partial charge in [0.1, 0.15) is 5.82 Å². The molecule has 21 heavy (non-hydrogen) atoms. The molecule has 0 spiro atoms. The highest BCUT2D eigenvalue weighted by molar-refractivity contribution is 5.88. The van der Waals surface area contributed by atoms with E-state index in [0.29, 0.717) is 12.1 Å². The molecule has 2 aromatic carbocycles. The molecule has 4 heteroatoms. The molecule has 3 nitrogen and oxygen atoms in total. The Kier molecular flexibility index (Phi) is 5.06. The van der Waals surface area contributed by atoms with E-state index in [1.807, 2.05) is 37.3 Å². The number of rotatable bonds is 5. The molecule has 0 radical (unpaired) electrons. The molecular weight excluding hydrogens is 267 g/mol. The van der Waals surface area contributed by atoms with Gasteiger partial charge in [-0.2, -0.15) is 0 Å². The molecule has 2 N–H and O–H groups in total. The van der Waals surface area contributed by atoms with Crippen LogP contribution in [-0.4, -0.2) is 5.91 Å². The van der Waals surface area contributed by atoms with Gasteiger partial charge < -0.3 is 10.6 Å². The van der Waals surface area contributed by atoms with E-state index in [2.05, 4.69) is 10.6 Å². The van der Waals surface area contributed by atoms with Crippen LogP contribution in [0.4, 0.5) is 10.1 Å². The van der Waals surface area contributed by atoms with Gasteiger partial charge in [0, 0.05) is 30.8 Å². The van der Waals surface area contributed by atoms with Crippen molar-refractivity contribution in [3.63, 3.8) is 0 Å². The minimum atomic E-state index is -0.196. The zero-order valence-corrected chi connectivity index (χ0v) is 12.2. The largest absolute Gasteiger partial charge is 0.326 e. The molecule has 0 unspecified atom stereocenters. The summed E-state index contributed by atoms with van der Waals surface area (Å²) in [6.45, 7) is 4.05. The van der Waals surface area contributed by atoms with Crippen molar-refractivity contribution in [1.29, 1.82) is 0 Å². The first-order valence-electron chi connectivity index (χ1n) is 6.90. The number of carbonyl (C=O) groups is 1. The molecule has 0 aromatic heterocycles. The van der Waals surface area contributed by atoms with Crippen molar-refractivity contribution in [1.82, 2.24) is 5.32 Å². The van der Waals surface area contributed by atoms with Crippen molar-refractivity contribution in [2.45, 2.75) is 26.4 Å². The maximum Gasteiger partial charge on any atom is 0.221 e. The quantitative estimate of drug-likeness (QED) is 0.881. The van der Waals surface area contributed by atoms with Gasteiger partial charge in [0.2, 0.25) is 5.91 Å². The molecule has 110 valence electrons. The lowest BCUT2D eigenvalue weighted by Crippen LogP contribution is -2.19. The summed E-state index contributed by atoms with van der Waals surface area (Å²) in [7, 11) is 0. The highest BCUT2D eigenvalue weighted by atomic mass is 19.1. The van der Waals surface area contributed by atoms with E-state index in [4.69, 9.17) is 0 Å². The molecule has 0 aliphatic carbocycles. The van der Waals surface area contributed by atoms with Crippen molar-refractivity contribution in [3.05, 3.63) is 65.5 Å². The van der Waals surface area contributed by atoms with Crippen LogP contribution in [0.2, 0.25) is 0 Å². The highest BCUT2D eigenvalue weighted by Crippen LogP contribution is 2.17. The summed E-state index contributed by atoms with van der Waals surface area (Å²) < 4.78 is 13.7. The lowest BCUT2D eigenvalue weighted by atomic mass is 10.1. The molecule has 2 aromatic rings. The predicted octanol–water partition coefficient (Wildman–Crippen LogP) is 3.63. The number of anilines is 1. The van der Waals surface area contributed by atoms with Crippen LogP contribution in [0.1, 0.15) is 31.0 Å². The maximum absolute atomic E-state index is 13.7. The Bertz CT molecular complexity index is 610. The fourth-order valence-corrected chi connectivity index (χ4v) is 2.12. The molecule has 0 bridgehead atoms. The van der Waals surface area contributed by atoms with Gasteiger partial charge in [-0.1, -0.05) is 30.3 Å². The summed E-state index contributed by atoms with van der Waals surface area (Å²) in [5.74, 6) is -0.285. The second-order valence-electron chi connectivity index (χ2n) is 5.00. The van der Waals surface area contributed by atoms with Gasteiger partial charge >= 0.3 is 0 Å². The third-order valence-electron chi connectivity index (χ3n) is 3.26. The number of amides is 1. The summed E-state index contributed by atoms with van der Waals surface area (Å²) >= 11 is 0. The molecule has 0 heterocycles. The first-order valence-corrected chi connectivity index (χ1v) is 6.90. The summed E-state index contributed by atoms with van der Waals surface area (Å²) in [5, 5.41) is 6.01. The molecule has 1 atom stereocenters. The average molecular weight is 286 g/mol. The molecule has 2 rings (SSSR count). The van der Waals surface area contributed by atoms with Crippen LogP contribution in [0.3, 0.4) is 0 Å².